The number of carbonyl (C=O) groups is 2. The number of nitrogens with zero attached hydrogens (tertiary/aromatic N) is 3. The lowest BCUT2D eigenvalue weighted by Crippen LogP contribution is -2.68. The maximum Gasteiger partial charge on any atom is 0.416 e. The lowest BCUT2D eigenvalue weighted by molar-refractivity contribution is -0.139. The standard InChI is InChI=1S/C22H20F4N4O2.C2H6/c1-21(12-28-13-21)30(10-15-2-5-17(6-3-15)22(24,25)26)20(32)11-29(14-31)19-7-4-16(9-27)8-18(19)23;1-2/h2-8,14,28H,10-13H2,1H3;1-2H3. The lowest BCUT2D eigenvalue weighted by atomic mass is 9.91. The maximum absolute atomic E-state index is 14.3. The van der Waals surface area contributed by atoms with Crippen molar-refractivity contribution in [1.29, 1.82) is 5.26 Å². The number of nitrogens with one attached hydrogen (secondary N) is 1. The number of halogens is 4. The van der Waals surface area contributed by atoms with Crippen LogP contribution in [0.3, 0.4) is 0 Å². The summed E-state index contributed by atoms with van der Waals surface area (Å²) < 4.78 is 52.8. The van der Waals surface area contributed by atoms with Gasteiger partial charge in [0.1, 0.15) is 12.4 Å². The van der Waals surface area contributed by atoms with E-state index < -0.39 is 35.5 Å². The van der Waals surface area contributed by atoms with Gasteiger partial charge in [-0.25, -0.2) is 4.39 Å². The van der Waals surface area contributed by atoms with Gasteiger partial charge >= 0.3 is 6.18 Å². The Morgan fingerprint density at radius 1 is 1.18 bits per heavy atom. The van der Waals surface area contributed by atoms with E-state index >= 15 is 0 Å². The van der Waals surface area contributed by atoms with Crippen LogP contribution in [0.4, 0.5) is 23.2 Å². The molecule has 3 rings (SSSR count). The predicted molar refractivity (Wildman–Crippen MR) is 119 cm³/mol. The quantitative estimate of drug-likeness (QED) is 0.480. The van der Waals surface area contributed by atoms with Crippen LogP contribution in [-0.2, 0) is 22.3 Å². The summed E-state index contributed by atoms with van der Waals surface area (Å²) in [5.74, 6) is -1.32. The molecule has 0 spiro atoms. The van der Waals surface area contributed by atoms with Gasteiger partial charge in [0.2, 0.25) is 12.3 Å². The summed E-state index contributed by atoms with van der Waals surface area (Å²) >= 11 is 0. The topological polar surface area (TPSA) is 76.4 Å². The normalized spacial score (nSPS) is 14.1. The largest absolute Gasteiger partial charge is 0.416 e. The Morgan fingerprint density at radius 3 is 2.24 bits per heavy atom. The zero-order chi connectivity index (χ0) is 25.5. The van der Waals surface area contributed by atoms with E-state index in [1.807, 2.05) is 20.8 Å². The summed E-state index contributed by atoms with van der Waals surface area (Å²) in [5, 5.41) is 11.9. The van der Waals surface area contributed by atoms with Crippen LogP contribution in [-0.4, -0.2) is 42.4 Å². The Bertz CT molecular complexity index is 1040. The van der Waals surface area contributed by atoms with Crippen LogP contribution in [0.2, 0.25) is 0 Å². The Morgan fingerprint density at radius 2 is 1.79 bits per heavy atom. The molecule has 1 heterocycles. The van der Waals surface area contributed by atoms with Crippen LogP contribution in [0.1, 0.15) is 37.5 Å². The molecule has 0 radical (unpaired) electrons. The second kappa shape index (κ2) is 11.1. The number of nitriles is 1. The van der Waals surface area contributed by atoms with Gasteiger partial charge in [-0.3, -0.25) is 9.59 Å². The molecule has 0 aliphatic carbocycles. The van der Waals surface area contributed by atoms with Crippen molar-refractivity contribution in [1.82, 2.24) is 10.2 Å². The Balaban J connectivity index is 0.00000199. The van der Waals surface area contributed by atoms with Gasteiger partial charge in [0.05, 0.1) is 28.4 Å². The molecular weight excluding hydrogens is 452 g/mol. The van der Waals surface area contributed by atoms with Crippen molar-refractivity contribution in [3.8, 4) is 6.07 Å². The van der Waals surface area contributed by atoms with Gasteiger partial charge in [-0.05, 0) is 42.8 Å². The van der Waals surface area contributed by atoms with Crippen LogP contribution in [0.25, 0.3) is 0 Å². The first kappa shape index (κ1) is 26.8. The van der Waals surface area contributed by atoms with Crippen molar-refractivity contribution in [2.24, 2.45) is 0 Å². The Labute approximate surface area is 195 Å². The zero-order valence-corrected chi connectivity index (χ0v) is 19.1. The number of benzene rings is 2. The number of anilines is 1. The van der Waals surface area contributed by atoms with Gasteiger partial charge in [0, 0.05) is 19.6 Å². The fourth-order valence-corrected chi connectivity index (χ4v) is 3.46. The summed E-state index contributed by atoms with van der Waals surface area (Å²) in [4.78, 5) is 27.1. The van der Waals surface area contributed by atoms with E-state index in [9.17, 15) is 27.2 Å². The van der Waals surface area contributed by atoms with E-state index in [-0.39, 0.29) is 17.8 Å². The maximum atomic E-state index is 14.3. The first-order chi connectivity index (χ1) is 16.1. The number of amides is 2. The van der Waals surface area contributed by atoms with Gasteiger partial charge in [0.25, 0.3) is 0 Å². The van der Waals surface area contributed by atoms with Crippen LogP contribution >= 0.6 is 0 Å². The molecule has 1 aliphatic heterocycles. The molecule has 34 heavy (non-hydrogen) atoms. The van der Waals surface area contributed by atoms with Crippen molar-refractivity contribution >= 4 is 18.0 Å². The monoisotopic (exact) mass is 478 g/mol. The first-order valence-corrected chi connectivity index (χ1v) is 10.7. The van der Waals surface area contributed by atoms with E-state index in [4.69, 9.17) is 5.26 Å². The van der Waals surface area contributed by atoms with Crippen molar-refractivity contribution in [3.63, 3.8) is 0 Å². The number of alkyl halides is 3. The third-order valence-electron chi connectivity index (χ3n) is 5.41. The van der Waals surface area contributed by atoms with E-state index in [1.54, 1.807) is 6.07 Å². The molecule has 10 heteroatoms. The fourth-order valence-electron chi connectivity index (χ4n) is 3.46. The molecule has 0 unspecified atom stereocenters. The fraction of sp³-hybridized carbons (Fsp3) is 0.375. The summed E-state index contributed by atoms with van der Waals surface area (Å²) in [7, 11) is 0. The van der Waals surface area contributed by atoms with Crippen LogP contribution in [0.15, 0.2) is 42.5 Å². The molecule has 1 N–H and O–H groups in total. The molecule has 0 saturated carbocycles. The third kappa shape index (κ3) is 6.11. The summed E-state index contributed by atoms with van der Waals surface area (Å²) in [5.41, 5.74) is -1.00. The average molecular weight is 478 g/mol. The summed E-state index contributed by atoms with van der Waals surface area (Å²) in [6.07, 6.45) is -4.15. The predicted octanol–water partition coefficient (Wildman–Crippen LogP) is 4.10. The second-order valence-corrected chi connectivity index (χ2v) is 7.79. The van der Waals surface area contributed by atoms with Crippen molar-refractivity contribution in [3.05, 3.63) is 65.0 Å². The van der Waals surface area contributed by atoms with Gasteiger partial charge in [-0.1, -0.05) is 26.0 Å². The molecule has 1 fully saturated rings. The molecule has 182 valence electrons. The van der Waals surface area contributed by atoms with Gasteiger partial charge < -0.3 is 15.1 Å². The third-order valence-corrected chi connectivity index (χ3v) is 5.41. The van der Waals surface area contributed by atoms with E-state index in [0.717, 1.165) is 23.1 Å². The molecule has 0 aromatic heterocycles. The van der Waals surface area contributed by atoms with Crippen molar-refractivity contribution < 1.29 is 27.2 Å². The van der Waals surface area contributed by atoms with E-state index in [2.05, 4.69) is 5.32 Å². The van der Waals surface area contributed by atoms with Crippen molar-refractivity contribution in [2.45, 2.75) is 39.0 Å². The van der Waals surface area contributed by atoms with E-state index in [1.165, 1.54) is 29.2 Å². The number of hydrogen-bond donors (Lipinski definition) is 1. The van der Waals surface area contributed by atoms with Crippen LogP contribution in [0.5, 0.6) is 0 Å². The zero-order valence-electron chi connectivity index (χ0n) is 19.1. The van der Waals surface area contributed by atoms with Gasteiger partial charge in [-0.2, -0.15) is 18.4 Å². The molecule has 0 bridgehead atoms. The summed E-state index contributed by atoms with van der Waals surface area (Å²) in [6.45, 7) is 6.30. The SMILES string of the molecule is CC.CC1(N(Cc2ccc(C(F)(F)F)cc2)C(=O)CN(C=O)c2ccc(C#N)cc2F)CNC1. The highest BCUT2D eigenvalue weighted by atomic mass is 19.4. The molecule has 0 atom stereocenters. The van der Waals surface area contributed by atoms with Crippen LogP contribution < -0.4 is 10.2 Å². The lowest BCUT2D eigenvalue weighted by Gasteiger charge is -2.48. The molecule has 6 nitrogen and oxygen atoms in total. The van der Waals surface area contributed by atoms with Crippen molar-refractivity contribution in [2.75, 3.05) is 24.5 Å². The molecule has 2 aromatic carbocycles. The van der Waals surface area contributed by atoms with Crippen LogP contribution in [0, 0.1) is 17.1 Å². The minimum Gasteiger partial charge on any atom is -0.329 e. The van der Waals surface area contributed by atoms with Gasteiger partial charge in [0.15, 0.2) is 0 Å². The number of carbonyl (C=O) groups excluding carboxylic acids is 2. The summed E-state index contributed by atoms with van der Waals surface area (Å²) in [6, 6.07) is 9.82. The Hall–Kier alpha value is -3.45. The highest BCUT2D eigenvalue weighted by Crippen LogP contribution is 2.30. The highest BCUT2D eigenvalue weighted by Gasteiger charge is 2.41. The molecule has 1 aliphatic rings. The first-order valence-electron chi connectivity index (χ1n) is 10.7. The minimum atomic E-state index is -4.46. The minimum absolute atomic E-state index is 0.0255. The second-order valence-electron chi connectivity index (χ2n) is 7.79. The number of rotatable bonds is 7. The molecule has 1 saturated heterocycles. The smallest absolute Gasteiger partial charge is 0.329 e. The van der Waals surface area contributed by atoms with Gasteiger partial charge in [-0.15, -0.1) is 0 Å². The highest BCUT2D eigenvalue weighted by molar-refractivity contribution is 5.89. The number of hydrogen-bond acceptors (Lipinski definition) is 4. The molecule has 2 amide bonds. The molecule has 2 aromatic rings. The Kier molecular flexibility index (Phi) is 8.76. The average Bonchev–Trinajstić information content (AvgIpc) is 2.80. The molecular formula is C24H26F4N4O2. The van der Waals surface area contributed by atoms with E-state index in [0.29, 0.717) is 25.1 Å².